The third-order valence-corrected chi connectivity index (χ3v) is 10.5. The summed E-state index contributed by atoms with van der Waals surface area (Å²) in [7, 11) is 3.34. The van der Waals surface area contributed by atoms with Gasteiger partial charge >= 0.3 is 0 Å². The molecule has 0 heterocycles. The summed E-state index contributed by atoms with van der Waals surface area (Å²) >= 11 is 0. The van der Waals surface area contributed by atoms with Crippen LogP contribution in [0, 0.1) is 0 Å². The summed E-state index contributed by atoms with van der Waals surface area (Å²) in [4.78, 5) is 0. The first-order valence-electron chi connectivity index (χ1n) is 11.1. The van der Waals surface area contributed by atoms with Crippen LogP contribution in [0.4, 0.5) is 0 Å². The van der Waals surface area contributed by atoms with Crippen LogP contribution in [0.5, 0.6) is 23.0 Å². The van der Waals surface area contributed by atoms with Crippen LogP contribution in [-0.4, -0.2) is 46.5 Å². The molecule has 4 rings (SSSR count). The van der Waals surface area contributed by atoms with Crippen LogP contribution in [-0.2, 0) is 4.12 Å². The van der Waals surface area contributed by atoms with Gasteiger partial charge in [-0.1, -0.05) is 48.5 Å². The summed E-state index contributed by atoms with van der Waals surface area (Å²) in [6.07, 6.45) is 0. The zero-order valence-electron chi connectivity index (χ0n) is 20.3. The molecular weight excluding hydrogens is 472 g/mol. The first kappa shape index (κ1) is 24.6. The minimum Gasteiger partial charge on any atom is -0.497 e. The van der Waals surface area contributed by atoms with Crippen molar-refractivity contribution in [3.05, 3.63) is 97.1 Å². The molecule has 0 aliphatic carbocycles. The maximum Gasteiger partial charge on any atom is 0.272 e. The van der Waals surface area contributed by atoms with E-state index in [1.54, 1.807) is 28.4 Å². The molecule has 0 unspecified atom stereocenters. The molecule has 0 aliphatic heterocycles. The summed E-state index contributed by atoms with van der Waals surface area (Å²) in [5, 5.41) is 4.37. The summed E-state index contributed by atoms with van der Waals surface area (Å²) in [5.74, 6) is 3.20. The standard InChI is InChI=1S/C28H28O5Si2/c1-29-21-9-5-13-25(17-21)34(26-14-6-10-22(18-26)30-2)33-35(27-15-7-11-23(19-27)31-3)28-16-8-12-24(20-28)32-4/h5-20H,1-4H3. The van der Waals surface area contributed by atoms with Gasteiger partial charge in [0.15, 0.2) is 0 Å². The van der Waals surface area contributed by atoms with E-state index in [0.29, 0.717) is 0 Å². The minimum atomic E-state index is -1.69. The predicted molar refractivity (Wildman–Crippen MR) is 143 cm³/mol. The topological polar surface area (TPSA) is 46.2 Å². The number of ether oxygens (including phenoxy) is 4. The number of hydrogen-bond donors (Lipinski definition) is 0. The fraction of sp³-hybridized carbons (Fsp3) is 0.143. The molecule has 0 saturated carbocycles. The van der Waals surface area contributed by atoms with Gasteiger partial charge < -0.3 is 23.1 Å². The van der Waals surface area contributed by atoms with Gasteiger partial charge in [0, 0.05) is 0 Å². The summed E-state index contributed by atoms with van der Waals surface area (Å²) in [5.41, 5.74) is 0. The van der Waals surface area contributed by atoms with E-state index in [4.69, 9.17) is 23.1 Å². The number of benzene rings is 4. The average molecular weight is 501 g/mol. The third kappa shape index (κ3) is 5.94. The van der Waals surface area contributed by atoms with Gasteiger partial charge in [0.2, 0.25) is 0 Å². The zero-order chi connectivity index (χ0) is 24.6. The lowest BCUT2D eigenvalue weighted by Gasteiger charge is -2.24. The highest BCUT2D eigenvalue weighted by molar-refractivity contribution is 6.91. The lowest BCUT2D eigenvalue weighted by atomic mass is 10.3. The Morgan fingerprint density at radius 2 is 0.657 bits per heavy atom. The lowest BCUT2D eigenvalue weighted by molar-refractivity contribution is 0.415. The van der Waals surface area contributed by atoms with Gasteiger partial charge in [-0.25, -0.2) is 0 Å². The van der Waals surface area contributed by atoms with E-state index in [1.807, 2.05) is 48.5 Å². The average Bonchev–Trinajstić information content (AvgIpc) is 2.93. The Labute approximate surface area is 210 Å². The van der Waals surface area contributed by atoms with Gasteiger partial charge in [0.1, 0.15) is 23.0 Å². The molecule has 0 amide bonds. The van der Waals surface area contributed by atoms with Gasteiger partial charge in [-0.2, -0.15) is 0 Å². The van der Waals surface area contributed by atoms with Crippen molar-refractivity contribution in [1.82, 2.24) is 0 Å². The van der Waals surface area contributed by atoms with Crippen molar-refractivity contribution in [2.75, 3.05) is 28.4 Å². The predicted octanol–water partition coefficient (Wildman–Crippen LogP) is 2.65. The molecule has 0 aliphatic rings. The summed E-state index contributed by atoms with van der Waals surface area (Å²) in [6.45, 7) is 0. The molecule has 0 saturated heterocycles. The van der Waals surface area contributed by atoms with Gasteiger partial charge in [0.05, 0.1) is 28.4 Å². The molecule has 4 aromatic rings. The second kappa shape index (κ2) is 11.7. The molecule has 7 heteroatoms. The van der Waals surface area contributed by atoms with E-state index in [2.05, 4.69) is 48.5 Å². The molecular formula is C28H28O5Si2. The van der Waals surface area contributed by atoms with Crippen molar-refractivity contribution in [2.45, 2.75) is 0 Å². The van der Waals surface area contributed by atoms with E-state index in [9.17, 15) is 0 Å². The van der Waals surface area contributed by atoms with E-state index in [1.165, 1.54) is 0 Å². The molecule has 0 bridgehead atoms. The molecule has 4 aromatic carbocycles. The van der Waals surface area contributed by atoms with Crippen molar-refractivity contribution in [2.24, 2.45) is 0 Å². The highest BCUT2D eigenvalue weighted by Gasteiger charge is 2.29. The monoisotopic (exact) mass is 500 g/mol. The van der Waals surface area contributed by atoms with Crippen LogP contribution in [0.2, 0.25) is 0 Å². The van der Waals surface area contributed by atoms with Crippen LogP contribution >= 0.6 is 0 Å². The molecule has 0 spiro atoms. The molecule has 5 nitrogen and oxygen atoms in total. The summed E-state index contributed by atoms with van der Waals surface area (Å²) < 4.78 is 29.3. The van der Waals surface area contributed by atoms with E-state index in [-0.39, 0.29) is 0 Å². The van der Waals surface area contributed by atoms with Crippen LogP contribution in [0.25, 0.3) is 0 Å². The highest BCUT2D eigenvalue weighted by atomic mass is 28.4. The van der Waals surface area contributed by atoms with Crippen molar-refractivity contribution in [3.8, 4) is 23.0 Å². The third-order valence-electron chi connectivity index (χ3n) is 5.53. The SMILES string of the molecule is COc1cccc([Si](O[Si](c2cccc(OC)c2)c2cccc(OC)c2)c2cccc(OC)c2)c1. The molecule has 2 radical (unpaired) electrons. The normalized spacial score (nSPS) is 10.9. The van der Waals surface area contributed by atoms with Gasteiger partial charge in [0.25, 0.3) is 18.1 Å². The molecule has 0 aromatic heterocycles. The van der Waals surface area contributed by atoms with Gasteiger partial charge in [-0.15, -0.1) is 0 Å². The molecule has 35 heavy (non-hydrogen) atoms. The van der Waals surface area contributed by atoms with E-state index < -0.39 is 18.1 Å². The minimum absolute atomic E-state index is 0.799. The zero-order valence-corrected chi connectivity index (χ0v) is 22.3. The Kier molecular flexibility index (Phi) is 8.25. The lowest BCUT2D eigenvalue weighted by Crippen LogP contribution is -2.56. The summed E-state index contributed by atoms with van der Waals surface area (Å²) in [6, 6.07) is 32.5. The Hall–Kier alpha value is -3.53. The fourth-order valence-corrected chi connectivity index (χ4v) is 9.18. The number of hydrogen-bond acceptors (Lipinski definition) is 5. The maximum absolute atomic E-state index is 7.17. The van der Waals surface area contributed by atoms with E-state index in [0.717, 1.165) is 43.7 Å². The van der Waals surface area contributed by atoms with Crippen LogP contribution in [0.15, 0.2) is 97.1 Å². The quantitative estimate of drug-likeness (QED) is 0.313. The Bertz CT molecular complexity index is 1070. The van der Waals surface area contributed by atoms with Crippen molar-refractivity contribution in [1.29, 1.82) is 0 Å². The van der Waals surface area contributed by atoms with Crippen molar-refractivity contribution in [3.63, 3.8) is 0 Å². The second-order valence-electron chi connectivity index (χ2n) is 7.69. The van der Waals surface area contributed by atoms with E-state index >= 15 is 0 Å². The Morgan fingerprint density at radius 3 is 0.886 bits per heavy atom. The second-order valence-corrected chi connectivity index (χ2v) is 12.1. The first-order valence-corrected chi connectivity index (χ1v) is 14.0. The number of methoxy groups -OCH3 is 4. The van der Waals surface area contributed by atoms with Crippen LogP contribution in [0.1, 0.15) is 0 Å². The number of rotatable bonds is 10. The smallest absolute Gasteiger partial charge is 0.272 e. The molecule has 0 fully saturated rings. The molecule has 178 valence electrons. The highest BCUT2D eigenvalue weighted by Crippen LogP contribution is 2.14. The fourth-order valence-electron chi connectivity index (χ4n) is 3.73. The Morgan fingerprint density at radius 1 is 0.400 bits per heavy atom. The van der Waals surface area contributed by atoms with Gasteiger partial charge in [-0.3, -0.25) is 0 Å². The van der Waals surface area contributed by atoms with Crippen molar-refractivity contribution >= 4 is 38.8 Å². The van der Waals surface area contributed by atoms with Crippen LogP contribution < -0.4 is 39.7 Å². The Balaban J connectivity index is 1.85. The molecule has 0 atom stereocenters. The van der Waals surface area contributed by atoms with Crippen LogP contribution in [0.3, 0.4) is 0 Å². The van der Waals surface area contributed by atoms with Crippen molar-refractivity contribution < 1.29 is 23.1 Å². The largest absolute Gasteiger partial charge is 0.497 e. The first-order chi connectivity index (χ1) is 17.1. The maximum atomic E-state index is 7.17. The van der Waals surface area contributed by atoms with Gasteiger partial charge in [-0.05, 0) is 69.3 Å². The molecule has 0 N–H and O–H groups in total.